The van der Waals surface area contributed by atoms with Crippen LogP contribution in [0.5, 0.6) is 0 Å². The number of thiophene rings is 1. The minimum absolute atomic E-state index is 0.0730. The molecule has 0 radical (unpaired) electrons. The second kappa shape index (κ2) is 7.18. The number of aliphatic imine (C=N–C) groups is 1. The Hall–Kier alpha value is -2.13. The lowest BCUT2D eigenvalue weighted by Crippen LogP contribution is -2.26. The molecule has 0 unspecified atom stereocenters. The molecule has 24 heavy (non-hydrogen) atoms. The molecule has 0 saturated carbocycles. The first-order chi connectivity index (χ1) is 11.2. The standard InChI is InChI=1S/C15H19F2N5OS/c1-15(2,3)11(19-4)8-22(18)7-9-5-6-10(24-9)13-20-21-14(23-13)12(16)17/h5-6,8,12H,4,7,18H2,1-3H3/b11-8-. The highest BCUT2D eigenvalue weighted by Gasteiger charge is 2.19. The molecule has 0 saturated heterocycles. The number of hydrazine groups is 1. The van der Waals surface area contributed by atoms with Crippen molar-refractivity contribution in [1.82, 2.24) is 15.2 Å². The summed E-state index contributed by atoms with van der Waals surface area (Å²) in [4.78, 5) is 5.53. The second-order valence-electron chi connectivity index (χ2n) is 6.11. The molecule has 2 aromatic heterocycles. The molecule has 9 heteroatoms. The number of halogens is 2. The van der Waals surface area contributed by atoms with E-state index >= 15 is 0 Å². The van der Waals surface area contributed by atoms with Gasteiger partial charge in [-0.05, 0) is 18.9 Å². The van der Waals surface area contributed by atoms with Crippen LogP contribution in [0.3, 0.4) is 0 Å². The predicted octanol–water partition coefficient (Wildman–Crippen LogP) is 4.00. The second-order valence-corrected chi connectivity index (χ2v) is 7.28. The Bertz CT molecular complexity index is 732. The summed E-state index contributed by atoms with van der Waals surface area (Å²) in [5, 5.41) is 8.45. The Labute approximate surface area is 142 Å². The molecular weight excluding hydrogens is 336 g/mol. The summed E-state index contributed by atoms with van der Waals surface area (Å²) < 4.78 is 29.9. The summed E-state index contributed by atoms with van der Waals surface area (Å²) in [6, 6.07) is 3.56. The zero-order chi connectivity index (χ0) is 17.9. The zero-order valence-electron chi connectivity index (χ0n) is 13.7. The Kier molecular flexibility index (Phi) is 5.45. The first-order valence-electron chi connectivity index (χ1n) is 7.11. The maximum atomic E-state index is 12.5. The molecule has 0 spiro atoms. The molecule has 0 bridgehead atoms. The first-order valence-corrected chi connectivity index (χ1v) is 7.93. The van der Waals surface area contributed by atoms with Gasteiger partial charge in [0.05, 0.1) is 17.1 Å². The fraction of sp³-hybridized carbons (Fsp3) is 0.400. The van der Waals surface area contributed by atoms with Gasteiger partial charge in [-0.15, -0.1) is 21.5 Å². The lowest BCUT2D eigenvalue weighted by molar-refractivity contribution is 0.116. The van der Waals surface area contributed by atoms with E-state index in [9.17, 15) is 8.78 Å². The van der Waals surface area contributed by atoms with Crippen molar-refractivity contribution in [3.63, 3.8) is 0 Å². The van der Waals surface area contributed by atoms with Crippen LogP contribution in [0.2, 0.25) is 0 Å². The number of nitrogens with two attached hydrogens (primary N) is 1. The highest BCUT2D eigenvalue weighted by molar-refractivity contribution is 7.15. The van der Waals surface area contributed by atoms with Crippen LogP contribution in [0.25, 0.3) is 10.8 Å². The minimum atomic E-state index is -2.78. The van der Waals surface area contributed by atoms with E-state index in [0.717, 1.165) is 10.6 Å². The van der Waals surface area contributed by atoms with Gasteiger partial charge in [-0.3, -0.25) is 4.99 Å². The van der Waals surface area contributed by atoms with E-state index in [1.54, 1.807) is 12.3 Å². The average molecular weight is 355 g/mol. The summed E-state index contributed by atoms with van der Waals surface area (Å²) in [6.45, 7) is 10.0. The highest BCUT2D eigenvalue weighted by atomic mass is 32.1. The Morgan fingerprint density at radius 2 is 2.17 bits per heavy atom. The molecule has 0 aliphatic carbocycles. The van der Waals surface area contributed by atoms with Gasteiger partial charge in [0.1, 0.15) is 0 Å². The third kappa shape index (κ3) is 4.45. The van der Waals surface area contributed by atoms with Gasteiger partial charge in [0.15, 0.2) is 0 Å². The molecule has 0 fully saturated rings. The third-order valence-electron chi connectivity index (χ3n) is 3.07. The Balaban J connectivity index is 2.10. The molecule has 0 amide bonds. The molecule has 6 nitrogen and oxygen atoms in total. The molecule has 2 N–H and O–H groups in total. The van der Waals surface area contributed by atoms with Crippen molar-refractivity contribution in [2.24, 2.45) is 16.3 Å². The maximum Gasteiger partial charge on any atom is 0.314 e. The molecule has 2 heterocycles. The summed E-state index contributed by atoms with van der Waals surface area (Å²) in [7, 11) is 0. The topological polar surface area (TPSA) is 80.5 Å². The van der Waals surface area contributed by atoms with Crippen molar-refractivity contribution in [2.45, 2.75) is 33.7 Å². The van der Waals surface area contributed by atoms with Crippen molar-refractivity contribution in [1.29, 1.82) is 0 Å². The largest absolute Gasteiger partial charge is 0.414 e. The van der Waals surface area contributed by atoms with Crippen LogP contribution >= 0.6 is 11.3 Å². The van der Waals surface area contributed by atoms with Crippen LogP contribution in [0.15, 0.2) is 33.4 Å². The lowest BCUT2D eigenvalue weighted by atomic mass is 9.93. The molecule has 0 atom stereocenters. The van der Waals surface area contributed by atoms with Crippen LogP contribution in [-0.4, -0.2) is 21.9 Å². The van der Waals surface area contributed by atoms with E-state index in [2.05, 4.69) is 21.9 Å². The highest BCUT2D eigenvalue weighted by Crippen LogP contribution is 2.30. The van der Waals surface area contributed by atoms with Crippen LogP contribution < -0.4 is 5.84 Å². The van der Waals surface area contributed by atoms with Crippen LogP contribution in [0.4, 0.5) is 8.78 Å². The predicted molar refractivity (Wildman–Crippen MR) is 89.4 cm³/mol. The molecule has 0 aliphatic heterocycles. The van der Waals surface area contributed by atoms with Gasteiger partial charge in [-0.2, -0.15) is 8.78 Å². The van der Waals surface area contributed by atoms with Crippen LogP contribution in [-0.2, 0) is 6.54 Å². The summed E-state index contributed by atoms with van der Waals surface area (Å²) in [6.07, 6.45) is -1.05. The SMILES string of the molecule is C=N/C(=C\N(N)Cc1ccc(-c2nnc(C(F)F)o2)s1)C(C)(C)C. The molecule has 2 aromatic rings. The summed E-state index contributed by atoms with van der Waals surface area (Å²) >= 11 is 1.34. The van der Waals surface area contributed by atoms with Gasteiger partial charge in [0.25, 0.3) is 11.8 Å². The third-order valence-corrected chi connectivity index (χ3v) is 4.12. The number of rotatable bonds is 6. The van der Waals surface area contributed by atoms with Crippen molar-refractivity contribution >= 4 is 18.1 Å². The van der Waals surface area contributed by atoms with Gasteiger partial charge in [-0.25, -0.2) is 5.84 Å². The summed E-state index contributed by atoms with van der Waals surface area (Å²) in [5.74, 6) is 5.38. The normalized spacial score (nSPS) is 12.7. The minimum Gasteiger partial charge on any atom is -0.414 e. The Morgan fingerprint density at radius 1 is 1.46 bits per heavy atom. The van der Waals surface area contributed by atoms with Gasteiger partial charge in [0, 0.05) is 16.5 Å². The number of allylic oxidation sites excluding steroid dienone is 1. The molecule has 0 aliphatic rings. The monoisotopic (exact) mass is 355 g/mol. The number of hydrogen-bond donors (Lipinski definition) is 1. The van der Waals surface area contributed by atoms with Crippen molar-refractivity contribution in [3.8, 4) is 10.8 Å². The molecule has 2 rings (SSSR count). The van der Waals surface area contributed by atoms with Gasteiger partial charge < -0.3 is 9.43 Å². The average Bonchev–Trinajstić information content (AvgIpc) is 3.11. The van der Waals surface area contributed by atoms with Crippen LogP contribution in [0, 0.1) is 5.41 Å². The molecule has 0 aromatic carbocycles. The van der Waals surface area contributed by atoms with Gasteiger partial charge >= 0.3 is 6.43 Å². The van der Waals surface area contributed by atoms with Crippen molar-refractivity contribution < 1.29 is 13.2 Å². The fourth-order valence-electron chi connectivity index (χ4n) is 1.85. The van der Waals surface area contributed by atoms with Gasteiger partial charge in [0.2, 0.25) is 0 Å². The smallest absolute Gasteiger partial charge is 0.314 e. The number of nitrogens with zero attached hydrogens (tertiary/aromatic N) is 4. The number of aromatic nitrogens is 2. The van der Waals surface area contributed by atoms with E-state index < -0.39 is 12.3 Å². The number of hydrogen-bond acceptors (Lipinski definition) is 7. The maximum absolute atomic E-state index is 12.5. The van der Waals surface area contributed by atoms with E-state index in [1.807, 2.05) is 26.8 Å². The molecular formula is C15H19F2N5OS. The van der Waals surface area contributed by atoms with E-state index in [-0.39, 0.29) is 11.3 Å². The molecule has 130 valence electrons. The van der Waals surface area contributed by atoms with Crippen LogP contribution in [0.1, 0.15) is 38.0 Å². The van der Waals surface area contributed by atoms with E-state index in [1.165, 1.54) is 16.3 Å². The van der Waals surface area contributed by atoms with E-state index in [4.69, 9.17) is 10.3 Å². The van der Waals surface area contributed by atoms with Crippen molar-refractivity contribution in [3.05, 3.63) is 34.8 Å². The quantitative estimate of drug-likeness (QED) is 0.481. The number of alkyl halides is 2. The van der Waals surface area contributed by atoms with Gasteiger partial charge in [-0.1, -0.05) is 20.8 Å². The fourth-order valence-corrected chi connectivity index (χ4v) is 2.79. The first kappa shape index (κ1) is 18.2. The summed E-state index contributed by atoms with van der Waals surface area (Å²) in [5.41, 5.74) is 0.593. The lowest BCUT2D eigenvalue weighted by Gasteiger charge is -2.22. The van der Waals surface area contributed by atoms with E-state index in [0.29, 0.717) is 11.4 Å². The zero-order valence-corrected chi connectivity index (χ0v) is 14.5. The Morgan fingerprint density at radius 3 is 2.71 bits per heavy atom. The van der Waals surface area contributed by atoms with Crippen molar-refractivity contribution in [2.75, 3.05) is 0 Å².